The number of hydrogen-bond acceptors (Lipinski definition) is 6. The van der Waals surface area contributed by atoms with Gasteiger partial charge in [0.05, 0.1) is 20.8 Å². The Labute approximate surface area is 169 Å². The number of likely N-dealkylation sites (N-methyl/N-ethyl adjacent to an activating group) is 1. The molecule has 1 aliphatic heterocycles. The van der Waals surface area contributed by atoms with Crippen molar-refractivity contribution in [2.45, 2.75) is 13.5 Å². The molecule has 1 aliphatic rings. The van der Waals surface area contributed by atoms with Crippen LogP contribution < -0.4 is 24.3 Å². The van der Waals surface area contributed by atoms with E-state index in [0.717, 1.165) is 5.56 Å². The van der Waals surface area contributed by atoms with Gasteiger partial charge >= 0.3 is 0 Å². The van der Waals surface area contributed by atoms with Crippen LogP contribution in [0.3, 0.4) is 0 Å². The number of carbonyl (C=O) groups is 2. The minimum Gasteiger partial charge on any atom is -0.493 e. The molecule has 29 heavy (non-hydrogen) atoms. The van der Waals surface area contributed by atoms with Crippen LogP contribution in [0.1, 0.15) is 22.8 Å². The van der Waals surface area contributed by atoms with E-state index in [1.165, 1.54) is 0 Å². The van der Waals surface area contributed by atoms with Crippen molar-refractivity contribution < 1.29 is 28.5 Å². The normalized spacial score (nSPS) is 11.7. The van der Waals surface area contributed by atoms with Crippen LogP contribution in [-0.4, -0.2) is 50.8 Å². The highest BCUT2D eigenvalue weighted by Gasteiger charge is 2.18. The summed E-state index contributed by atoms with van der Waals surface area (Å²) in [6.07, 6.45) is 0. The number of benzene rings is 2. The fourth-order valence-corrected chi connectivity index (χ4v) is 2.98. The van der Waals surface area contributed by atoms with Crippen LogP contribution in [0.15, 0.2) is 36.4 Å². The summed E-state index contributed by atoms with van der Waals surface area (Å²) < 4.78 is 21.1. The molecular weight excluding hydrogens is 376 g/mol. The molecule has 2 amide bonds. The molecule has 3 rings (SSSR count). The third-order valence-corrected chi connectivity index (χ3v) is 4.59. The van der Waals surface area contributed by atoms with Crippen molar-refractivity contribution in [2.75, 3.05) is 34.1 Å². The number of fused-ring (bicyclic) bond motifs is 1. The number of nitrogens with one attached hydrogen (secondary N) is 1. The monoisotopic (exact) mass is 400 g/mol. The number of ether oxygens (including phenoxy) is 4. The Hall–Kier alpha value is -3.42. The van der Waals surface area contributed by atoms with Gasteiger partial charge < -0.3 is 29.2 Å². The van der Waals surface area contributed by atoms with Gasteiger partial charge in [-0.3, -0.25) is 9.59 Å². The lowest BCUT2D eigenvalue weighted by Crippen LogP contribution is -2.39. The summed E-state index contributed by atoms with van der Waals surface area (Å²) in [7, 11) is 3.14. The lowest BCUT2D eigenvalue weighted by Gasteiger charge is -2.22. The topological polar surface area (TPSA) is 86.3 Å². The Morgan fingerprint density at radius 2 is 1.79 bits per heavy atom. The Kier molecular flexibility index (Phi) is 6.43. The summed E-state index contributed by atoms with van der Waals surface area (Å²) in [5, 5.41) is 2.66. The van der Waals surface area contributed by atoms with Crippen LogP contribution >= 0.6 is 0 Å². The molecule has 8 nitrogen and oxygen atoms in total. The van der Waals surface area contributed by atoms with E-state index in [1.807, 2.05) is 19.1 Å². The van der Waals surface area contributed by atoms with Crippen molar-refractivity contribution in [3.05, 3.63) is 47.5 Å². The highest BCUT2D eigenvalue weighted by atomic mass is 16.7. The summed E-state index contributed by atoms with van der Waals surface area (Å²) in [4.78, 5) is 26.6. The molecule has 0 radical (unpaired) electrons. The Morgan fingerprint density at radius 1 is 1.03 bits per heavy atom. The van der Waals surface area contributed by atoms with E-state index >= 15 is 0 Å². The maximum Gasteiger partial charge on any atom is 0.251 e. The van der Waals surface area contributed by atoms with Gasteiger partial charge in [-0.15, -0.1) is 0 Å². The summed E-state index contributed by atoms with van der Waals surface area (Å²) in [6, 6.07) is 10.4. The highest BCUT2D eigenvalue weighted by molar-refractivity contribution is 5.97. The molecule has 0 aliphatic carbocycles. The Balaban J connectivity index is 1.59. The fourth-order valence-electron chi connectivity index (χ4n) is 2.98. The predicted molar refractivity (Wildman–Crippen MR) is 106 cm³/mol. The second kappa shape index (κ2) is 9.18. The van der Waals surface area contributed by atoms with Gasteiger partial charge in [-0.1, -0.05) is 6.07 Å². The van der Waals surface area contributed by atoms with Gasteiger partial charge in [-0.2, -0.15) is 0 Å². The van der Waals surface area contributed by atoms with Crippen LogP contribution in [0.5, 0.6) is 23.0 Å². The first-order valence-electron chi connectivity index (χ1n) is 9.22. The lowest BCUT2D eigenvalue weighted by molar-refractivity contribution is -0.130. The first-order chi connectivity index (χ1) is 14.0. The standard InChI is InChI=1S/C21H24N2O6/c1-4-23(12-14-5-7-16(26-2)18(9-14)27-3)20(24)11-22-21(25)15-6-8-17-19(10-15)29-13-28-17/h5-10H,4,11-13H2,1-3H3,(H,22,25). The number of hydrogen-bond donors (Lipinski definition) is 1. The van der Waals surface area contributed by atoms with E-state index in [-0.39, 0.29) is 25.2 Å². The molecule has 0 bridgehead atoms. The van der Waals surface area contributed by atoms with Crippen molar-refractivity contribution in [2.24, 2.45) is 0 Å². The molecule has 1 heterocycles. The smallest absolute Gasteiger partial charge is 0.251 e. The van der Waals surface area contributed by atoms with Crippen LogP contribution in [0.4, 0.5) is 0 Å². The molecular formula is C21H24N2O6. The fraction of sp³-hybridized carbons (Fsp3) is 0.333. The van der Waals surface area contributed by atoms with Gasteiger partial charge in [0.2, 0.25) is 12.7 Å². The SMILES string of the molecule is CCN(Cc1ccc(OC)c(OC)c1)C(=O)CNC(=O)c1ccc2c(c1)OCO2. The minimum atomic E-state index is -0.348. The van der Waals surface area contributed by atoms with Crippen molar-refractivity contribution in [1.29, 1.82) is 0 Å². The third kappa shape index (κ3) is 4.71. The summed E-state index contributed by atoms with van der Waals surface area (Å²) in [5.74, 6) is 1.82. The van der Waals surface area contributed by atoms with Gasteiger partial charge in [0, 0.05) is 18.7 Å². The average molecular weight is 400 g/mol. The molecule has 0 fully saturated rings. The Morgan fingerprint density at radius 3 is 2.52 bits per heavy atom. The molecule has 0 saturated heterocycles. The van der Waals surface area contributed by atoms with Gasteiger partial charge in [0.15, 0.2) is 23.0 Å². The predicted octanol–water partition coefficient (Wildman–Crippen LogP) is 2.21. The maximum absolute atomic E-state index is 12.6. The van der Waals surface area contributed by atoms with Gasteiger partial charge in [0.25, 0.3) is 5.91 Å². The molecule has 0 unspecified atom stereocenters. The van der Waals surface area contributed by atoms with Crippen LogP contribution in [0.2, 0.25) is 0 Å². The largest absolute Gasteiger partial charge is 0.493 e. The molecule has 2 aromatic rings. The second-order valence-electron chi connectivity index (χ2n) is 6.35. The number of carbonyl (C=O) groups excluding carboxylic acids is 2. The molecule has 1 N–H and O–H groups in total. The molecule has 154 valence electrons. The van der Waals surface area contributed by atoms with Crippen molar-refractivity contribution in [1.82, 2.24) is 10.2 Å². The van der Waals surface area contributed by atoms with E-state index in [4.69, 9.17) is 18.9 Å². The zero-order chi connectivity index (χ0) is 20.8. The molecule has 0 spiro atoms. The third-order valence-electron chi connectivity index (χ3n) is 4.59. The van der Waals surface area contributed by atoms with E-state index in [2.05, 4.69) is 5.32 Å². The summed E-state index contributed by atoms with van der Waals surface area (Å²) in [5.41, 5.74) is 1.31. The van der Waals surface area contributed by atoms with Gasteiger partial charge in [0.1, 0.15) is 0 Å². The molecule has 0 saturated carbocycles. The van der Waals surface area contributed by atoms with Crippen molar-refractivity contribution in [3.63, 3.8) is 0 Å². The van der Waals surface area contributed by atoms with E-state index in [0.29, 0.717) is 41.7 Å². The number of nitrogens with zero attached hydrogens (tertiary/aromatic N) is 1. The average Bonchev–Trinajstić information content (AvgIpc) is 3.23. The van der Waals surface area contributed by atoms with Crippen LogP contribution in [-0.2, 0) is 11.3 Å². The van der Waals surface area contributed by atoms with Crippen LogP contribution in [0.25, 0.3) is 0 Å². The highest BCUT2D eigenvalue weighted by Crippen LogP contribution is 2.32. The molecule has 0 aromatic heterocycles. The number of methoxy groups -OCH3 is 2. The number of rotatable bonds is 8. The molecule has 0 atom stereocenters. The van der Waals surface area contributed by atoms with Gasteiger partial charge in [-0.25, -0.2) is 0 Å². The summed E-state index contributed by atoms with van der Waals surface area (Å²) in [6.45, 7) is 2.83. The zero-order valence-corrected chi connectivity index (χ0v) is 16.7. The van der Waals surface area contributed by atoms with Crippen molar-refractivity contribution in [3.8, 4) is 23.0 Å². The molecule has 2 aromatic carbocycles. The van der Waals surface area contributed by atoms with Crippen molar-refractivity contribution >= 4 is 11.8 Å². The van der Waals surface area contributed by atoms with Gasteiger partial charge in [-0.05, 0) is 42.8 Å². The zero-order valence-electron chi connectivity index (χ0n) is 16.7. The van der Waals surface area contributed by atoms with E-state index < -0.39 is 0 Å². The van der Waals surface area contributed by atoms with Crippen LogP contribution in [0, 0.1) is 0 Å². The quantitative estimate of drug-likeness (QED) is 0.731. The lowest BCUT2D eigenvalue weighted by atomic mass is 10.1. The number of amides is 2. The van der Waals surface area contributed by atoms with E-state index in [1.54, 1.807) is 43.4 Å². The first-order valence-corrected chi connectivity index (χ1v) is 9.22. The maximum atomic E-state index is 12.6. The van der Waals surface area contributed by atoms with E-state index in [9.17, 15) is 9.59 Å². The summed E-state index contributed by atoms with van der Waals surface area (Å²) >= 11 is 0. The Bertz CT molecular complexity index is 899. The minimum absolute atomic E-state index is 0.103. The second-order valence-corrected chi connectivity index (χ2v) is 6.35. The first kappa shape index (κ1) is 20.3. The molecule has 8 heteroatoms.